The van der Waals surface area contributed by atoms with E-state index in [2.05, 4.69) is 0 Å². The van der Waals surface area contributed by atoms with Crippen molar-refractivity contribution in [1.82, 2.24) is 4.90 Å². The maximum Gasteiger partial charge on any atom is 0.290 e. The van der Waals surface area contributed by atoms with E-state index in [9.17, 15) is 14.7 Å². The summed E-state index contributed by atoms with van der Waals surface area (Å²) in [7, 11) is 0. The van der Waals surface area contributed by atoms with E-state index in [1.54, 1.807) is 22.4 Å². The molecular weight excluding hydrogens is 454 g/mol. The zero-order valence-electron chi connectivity index (χ0n) is 17.4. The van der Waals surface area contributed by atoms with Crippen molar-refractivity contribution < 1.29 is 19.4 Å². The summed E-state index contributed by atoms with van der Waals surface area (Å²) in [6.45, 7) is 0.288. The van der Waals surface area contributed by atoms with Gasteiger partial charge >= 0.3 is 0 Å². The fraction of sp³-hybridized carbons (Fsp3) is 0.0769. The topological polar surface area (TPSA) is 66.8 Å². The number of carbonyl (C=O) groups excluding carboxylic acids is 2. The number of benzene rings is 2. The first-order valence-electron chi connectivity index (χ1n) is 10.3. The second kappa shape index (κ2) is 9.05. The molecule has 164 valence electrons. The first kappa shape index (κ1) is 21.2. The van der Waals surface area contributed by atoms with Gasteiger partial charge in [0.05, 0.1) is 23.0 Å². The molecule has 1 aliphatic heterocycles. The van der Waals surface area contributed by atoms with Crippen LogP contribution in [0, 0.1) is 0 Å². The maximum absolute atomic E-state index is 13.4. The van der Waals surface area contributed by atoms with Gasteiger partial charge in [-0.25, -0.2) is 0 Å². The van der Waals surface area contributed by atoms with Gasteiger partial charge in [-0.05, 0) is 52.7 Å². The van der Waals surface area contributed by atoms with E-state index >= 15 is 0 Å². The minimum atomic E-state index is -0.728. The molecule has 2 aromatic heterocycles. The van der Waals surface area contributed by atoms with Gasteiger partial charge in [-0.1, -0.05) is 42.5 Å². The number of hydrogen-bond acceptors (Lipinski definition) is 6. The predicted octanol–water partition coefficient (Wildman–Crippen LogP) is 6.38. The monoisotopic (exact) mass is 473 g/mol. The summed E-state index contributed by atoms with van der Waals surface area (Å²) in [4.78, 5) is 29.5. The first-order chi connectivity index (χ1) is 16.1. The number of para-hydroxylation sites is 1. The molecule has 0 radical (unpaired) electrons. The number of aliphatic hydroxyl groups excluding tert-OH is 1. The number of thiophene rings is 2. The Morgan fingerprint density at radius 3 is 2.39 bits per heavy atom. The number of amides is 1. The molecule has 0 spiro atoms. The molecule has 2 aromatic carbocycles. The summed E-state index contributed by atoms with van der Waals surface area (Å²) in [6.07, 6.45) is 0. The molecule has 3 heterocycles. The smallest absolute Gasteiger partial charge is 0.290 e. The Kier molecular flexibility index (Phi) is 5.81. The quantitative estimate of drug-likeness (QED) is 0.316. The molecular formula is C26H19NO4S2. The van der Waals surface area contributed by atoms with Crippen molar-refractivity contribution in [3.8, 4) is 11.5 Å². The average molecular weight is 474 g/mol. The van der Waals surface area contributed by atoms with Crippen LogP contribution < -0.4 is 4.74 Å². The second-order valence-corrected chi connectivity index (χ2v) is 9.45. The highest BCUT2D eigenvalue weighted by Crippen LogP contribution is 2.41. The van der Waals surface area contributed by atoms with Gasteiger partial charge < -0.3 is 14.7 Å². The number of hydrogen-bond donors (Lipinski definition) is 1. The first-order valence-corrected chi connectivity index (χ1v) is 12.1. The van der Waals surface area contributed by atoms with Gasteiger partial charge in [-0.15, -0.1) is 22.7 Å². The molecule has 0 aliphatic carbocycles. The van der Waals surface area contributed by atoms with Crippen LogP contribution in [0.2, 0.25) is 0 Å². The van der Waals surface area contributed by atoms with E-state index in [1.807, 2.05) is 72.1 Å². The van der Waals surface area contributed by atoms with E-state index in [4.69, 9.17) is 4.74 Å². The highest BCUT2D eigenvalue weighted by molar-refractivity contribution is 7.12. The molecule has 33 heavy (non-hydrogen) atoms. The largest absolute Gasteiger partial charge is 0.503 e. The standard InChI is InChI=1S/C26H19NO4S2/c28-24(21-12-6-14-33-21)22-23(27(26(30)25(22)29)16-20-11-5-13-32-20)17-7-4-10-19(15-17)31-18-8-2-1-3-9-18/h1-15,23,29H,16H2. The molecule has 1 atom stereocenters. The SMILES string of the molecule is O=C(C1=C(O)C(=O)N(Cc2cccs2)C1c1cccc(Oc2ccccc2)c1)c1cccs1. The lowest BCUT2D eigenvalue weighted by molar-refractivity contribution is -0.130. The molecule has 5 rings (SSSR count). The van der Waals surface area contributed by atoms with E-state index in [-0.39, 0.29) is 17.9 Å². The third kappa shape index (κ3) is 4.20. The summed E-state index contributed by atoms with van der Waals surface area (Å²) in [6, 6.07) is 23.3. The fourth-order valence-electron chi connectivity index (χ4n) is 3.88. The van der Waals surface area contributed by atoms with Gasteiger partial charge in [0.15, 0.2) is 5.76 Å². The van der Waals surface area contributed by atoms with Gasteiger partial charge in [0.25, 0.3) is 5.91 Å². The number of ketones is 1. The fourth-order valence-corrected chi connectivity index (χ4v) is 5.26. The molecule has 1 amide bonds. The third-order valence-corrected chi connectivity index (χ3v) is 7.08. The Balaban J connectivity index is 1.56. The normalized spacial score (nSPS) is 15.8. The number of aliphatic hydroxyl groups is 1. The molecule has 0 fully saturated rings. The lowest BCUT2D eigenvalue weighted by Crippen LogP contribution is -2.30. The predicted molar refractivity (Wildman–Crippen MR) is 129 cm³/mol. The Bertz CT molecular complexity index is 1310. The second-order valence-electron chi connectivity index (χ2n) is 7.47. The van der Waals surface area contributed by atoms with Gasteiger partial charge in [0.2, 0.25) is 5.78 Å². The van der Waals surface area contributed by atoms with Crippen LogP contribution in [-0.2, 0) is 11.3 Å². The van der Waals surface area contributed by atoms with E-state index in [0.717, 1.165) is 4.88 Å². The summed E-state index contributed by atoms with van der Waals surface area (Å²) >= 11 is 2.80. The van der Waals surface area contributed by atoms with Crippen LogP contribution in [0.1, 0.15) is 26.2 Å². The Morgan fingerprint density at radius 2 is 1.67 bits per heavy atom. The Hall–Kier alpha value is -3.68. The van der Waals surface area contributed by atoms with Crippen LogP contribution in [0.3, 0.4) is 0 Å². The molecule has 0 bridgehead atoms. The zero-order chi connectivity index (χ0) is 22.8. The molecule has 5 nitrogen and oxygen atoms in total. The molecule has 1 N–H and O–H groups in total. The number of ether oxygens (including phenoxy) is 1. The van der Waals surface area contributed by atoms with Crippen molar-refractivity contribution in [1.29, 1.82) is 0 Å². The summed E-state index contributed by atoms with van der Waals surface area (Å²) < 4.78 is 5.98. The molecule has 4 aromatic rings. The van der Waals surface area contributed by atoms with Crippen molar-refractivity contribution in [2.24, 2.45) is 0 Å². The van der Waals surface area contributed by atoms with Crippen molar-refractivity contribution in [3.63, 3.8) is 0 Å². The van der Waals surface area contributed by atoms with Gasteiger partial charge in [-0.2, -0.15) is 0 Å². The molecule has 0 saturated carbocycles. The van der Waals surface area contributed by atoms with Crippen LogP contribution in [0.15, 0.2) is 101 Å². The number of rotatable bonds is 7. The van der Waals surface area contributed by atoms with Crippen LogP contribution in [-0.4, -0.2) is 21.7 Å². The number of nitrogens with zero attached hydrogens (tertiary/aromatic N) is 1. The lowest BCUT2D eigenvalue weighted by atomic mass is 9.95. The minimum absolute atomic E-state index is 0.0934. The van der Waals surface area contributed by atoms with Gasteiger partial charge in [0.1, 0.15) is 11.5 Å². The van der Waals surface area contributed by atoms with Crippen molar-refractivity contribution in [2.45, 2.75) is 12.6 Å². The Labute approximate surface area is 198 Å². The third-order valence-electron chi connectivity index (χ3n) is 5.35. The Morgan fingerprint density at radius 1 is 0.909 bits per heavy atom. The van der Waals surface area contributed by atoms with E-state index < -0.39 is 17.7 Å². The van der Waals surface area contributed by atoms with Crippen molar-refractivity contribution in [3.05, 3.63) is 116 Å². The summed E-state index contributed by atoms with van der Waals surface area (Å²) in [5.74, 6) is -0.131. The highest BCUT2D eigenvalue weighted by Gasteiger charge is 2.44. The minimum Gasteiger partial charge on any atom is -0.503 e. The molecule has 1 unspecified atom stereocenters. The van der Waals surface area contributed by atoms with Crippen LogP contribution >= 0.6 is 22.7 Å². The van der Waals surface area contributed by atoms with Crippen LogP contribution in [0.4, 0.5) is 0 Å². The van der Waals surface area contributed by atoms with Gasteiger partial charge in [0, 0.05) is 4.88 Å². The zero-order valence-corrected chi connectivity index (χ0v) is 19.0. The van der Waals surface area contributed by atoms with Crippen molar-refractivity contribution in [2.75, 3.05) is 0 Å². The van der Waals surface area contributed by atoms with Crippen molar-refractivity contribution >= 4 is 34.4 Å². The van der Waals surface area contributed by atoms with Gasteiger partial charge in [-0.3, -0.25) is 9.59 Å². The lowest BCUT2D eigenvalue weighted by Gasteiger charge is -2.26. The van der Waals surface area contributed by atoms with Crippen LogP contribution in [0.25, 0.3) is 0 Å². The summed E-state index contributed by atoms with van der Waals surface area (Å²) in [5, 5.41) is 14.5. The number of Topliss-reactive ketones (excluding diaryl/α,β-unsaturated/α-hetero) is 1. The molecule has 7 heteroatoms. The van der Waals surface area contributed by atoms with Crippen LogP contribution in [0.5, 0.6) is 11.5 Å². The summed E-state index contributed by atoms with van der Waals surface area (Å²) in [5.41, 5.74) is 0.785. The number of carbonyl (C=O) groups is 2. The average Bonchev–Trinajstić information content (AvgIpc) is 3.59. The maximum atomic E-state index is 13.4. The highest BCUT2D eigenvalue weighted by atomic mass is 32.1. The molecule has 1 aliphatic rings. The van der Waals surface area contributed by atoms with E-state index in [1.165, 1.54) is 22.7 Å². The van der Waals surface area contributed by atoms with E-state index in [0.29, 0.717) is 21.9 Å². The molecule has 0 saturated heterocycles.